The highest BCUT2D eigenvalue weighted by Gasteiger charge is 2.12. The lowest BCUT2D eigenvalue weighted by molar-refractivity contribution is 0.0811. The smallest absolute Gasteiger partial charge is 0.254 e. The fourth-order valence-electron chi connectivity index (χ4n) is 1.11. The van der Waals surface area contributed by atoms with Crippen LogP contribution >= 0.6 is 0 Å². The topological polar surface area (TPSA) is 20.3 Å². The third kappa shape index (κ3) is 2.78. The Morgan fingerprint density at radius 1 is 1.40 bits per heavy atom. The van der Waals surface area contributed by atoms with Crippen LogP contribution in [0.5, 0.6) is 0 Å². The summed E-state index contributed by atoms with van der Waals surface area (Å²) in [7, 11) is 1.46. The molecule has 0 saturated heterocycles. The van der Waals surface area contributed by atoms with E-state index in [0.717, 1.165) is 12.1 Å². The van der Waals surface area contributed by atoms with E-state index in [1.165, 1.54) is 11.9 Å². The maximum Gasteiger partial charge on any atom is 0.254 e. The number of nitrogens with zero attached hydrogens (tertiary/aromatic N) is 1. The van der Waals surface area contributed by atoms with Crippen molar-refractivity contribution in [3.8, 4) is 12.3 Å². The van der Waals surface area contributed by atoms with Gasteiger partial charge in [0.25, 0.3) is 5.91 Å². The molecule has 4 heteroatoms. The minimum Gasteiger partial charge on any atom is -0.331 e. The Bertz CT molecular complexity index is 403. The minimum atomic E-state index is -0.785. The van der Waals surface area contributed by atoms with Crippen molar-refractivity contribution in [3.05, 3.63) is 35.4 Å². The monoisotopic (exact) mass is 209 g/mol. The summed E-state index contributed by atoms with van der Waals surface area (Å²) in [5.41, 5.74) is -0.0507. The summed E-state index contributed by atoms with van der Waals surface area (Å²) in [4.78, 5) is 12.7. The molecule has 15 heavy (non-hydrogen) atoms. The number of terminal acetylenes is 1. The Balaban J connectivity index is 2.97. The van der Waals surface area contributed by atoms with E-state index in [1.54, 1.807) is 0 Å². The van der Waals surface area contributed by atoms with Crippen molar-refractivity contribution in [2.24, 2.45) is 0 Å². The second-order valence-corrected chi connectivity index (χ2v) is 3.02. The molecule has 0 aliphatic heterocycles. The predicted molar refractivity (Wildman–Crippen MR) is 52.2 cm³/mol. The number of carbonyl (C=O) groups is 1. The van der Waals surface area contributed by atoms with Gasteiger partial charge in [0.1, 0.15) is 11.6 Å². The molecule has 0 spiro atoms. The summed E-state index contributed by atoms with van der Waals surface area (Å²) < 4.78 is 25.6. The molecule has 0 heterocycles. The van der Waals surface area contributed by atoms with Gasteiger partial charge in [-0.2, -0.15) is 0 Å². The van der Waals surface area contributed by atoms with E-state index >= 15 is 0 Å². The Kier molecular flexibility index (Phi) is 3.40. The molecule has 0 bridgehead atoms. The number of hydrogen-bond donors (Lipinski definition) is 0. The summed E-state index contributed by atoms with van der Waals surface area (Å²) in [6.07, 6.45) is 5.01. The highest BCUT2D eigenvalue weighted by molar-refractivity contribution is 5.94. The number of benzene rings is 1. The summed E-state index contributed by atoms with van der Waals surface area (Å²) >= 11 is 0. The van der Waals surface area contributed by atoms with Crippen LogP contribution in [-0.2, 0) is 0 Å². The van der Waals surface area contributed by atoms with E-state index in [9.17, 15) is 13.6 Å². The molecule has 1 aromatic rings. The van der Waals surface area contributed by atoms with E-state index in [-0.39, 0.29) is 12.1 Å². The molecule has 0 unspecified atom stereocenters. The second kappa shape index (κ2) is 4.56. The first-order chi connectivity index (χ1) is 7.04. The van der Waals surface area contributed by atoms with Gasteiger partial charge in [0.15, 0.2) is 0 Å². The lowest BCUT2D eigenvalue weighted by Gasteiger charge is -2.13. The second-order valence-electron chi connectivity index (χ2n) is 3.02. The van der Waals surface area contributed by atoms with Crippen molar-refractivity contribution in [1.29, 1.82) is 0 Å². The number of halogens is 2. The van der Waals surface area contributed by atoms with Crippen molar-refractivity contribution in [3.63, 3.8) is 0 Å². The molecule has 1 rings (SSSR count). The molecule has 0 N–H and O–H groups in total. The van der Waals surface area contributed by atoms with Gasteiger partial charge in [0, 0.05) is 18.7 Å². The van der Waals surface area contributed by atoms with Crippen LogP contribution in [-0.4, -0.2) is 24.4 Å². The van der Waals surface area contributed by atoms with Crippen LogP contribution in [0.1, 0.15) is 10.4 Å². The standard InChI is InChI=1S/C11H9F2NO/c1-3-4-14(2)11(15)8-5-9(12)7-10(13)6-8/h1,5-7H,4H2,2H3. The third-order valence-corrected chi connectivity index (χ3v) is 1.78. The van der Waals surface area contributed by atoms with Crippen molar-refractivity contribution >= 4 is 5.91 Å². The lowest BCUT2D eigenvalue weighted by atomic mass is 10.2. The average molecular weight is 209 g/mol. The minimum absolute atomic E-state index is 0.0507. The number of carbonyl (C=O) groups excluding carboxylic acids is 1. The largest absolute Gasteiger partial charge is 0.331 e. The summed E-state index contributed by atoms with van der Waals surface area (Å²) in [5, 5.41) is 0. The van der Waals surface area contributed by atoms with E-state index in [4.69, 9.17) is 6.42 Å². The van der Waals surface area contributed by atoms with E-state index in [2.05, 4.69) is 5.92 Å². The quantitative estimate of drug-likeness (QED) is 0.678. The molecular formula is C11H9F2NO. The van der Waals surface area contributed by atoms with Crippen molar-refractivity contribution in [2.45, 2.75) is 0 Å². The zero-order valence-electron chi connectivity index (χ0n) is 8.13. The average Bonchev–Trinajstić information content (AvgIpc) is 2.15. The Labute approximate surface area is 86.5 Å². The van der Waals surface area contributed by atoms with Gasteiger partial charge >= 0.3 is 0 Å². The molecule has 0 fully saturated rings. The fourth-order valence-corrected chi connectivity index (χ4v) is 1.11. The molecule has 0 saturated carbocycles. The van der Waals surface area contributed by atoms with Crippen molar-refractivity contribution in [1.82, 2.24) is 4.90 Å². The molecule has 1 amide bonds. The summed E-state index contributed by atoms with van der Waals surface area (Å²) in [6, 6.07) is 2.65. The van der Waals surface area contributed by atoms with Gasteiger partial charge in [0.05, 0.1) is 6.54 Å². The van der Waals surface area contributed by atoms with E-state index < -0.39 is 17.5 Å². The molecule has 78 valence electrons. The van der Waals surface area contributed by atoms with Gasteiger partial charge in [-0.15, -0.1) is 6.42 Å². The van der Waals surface area contributed by atoms with Crippen molar-refractivity contribution in [2.75, 3.05) is 13.6 Å². The zero-order chi connectivity index (χ0) is 11.4. The van der Waals surface area contributed by atoms with Gasteiger partial charge in [-0.3, -0.25) is 4.79 Å². The maximum atomic E-state index is 12.8. The van der Waals surface area contributed by atoms with Gasteiger partial charge < -0.3 is 4.90 Å². The van der Waals surface area contributed by atoms with Crippen LogP contribution in [0.2, 0.25) is 0 Å². The van der Waals surface area contributed by atoms with Crippen LogP contribution in [0, 0.1) is 24.0 Å². The first-order valence-electron chi connectivity index (χ1n) is 4.19. The van der Waals surface area contributed by atoms with Gasteiger partial charge in [0.2, 0.25) is 0 Å². The molecule has 0 aromatic heterocycles. The number of rotatable bonds is 2. The van der Waals surface area contributed by atoms with E-state index in [0.29, 0.717) is 6.07 Å². The lowest BCUT2D eigenvalue weighted by Crippen LogP contribution is -2.27. The Hall–Kier alpha value is -1.89. The summed E-state index contributed by atoms with van der Waals surface area (Å²) in [5.74, 6) is 0.187. The highest BCUT2D eigenvalue weighted by Crippen LogP contribution is 2.09. The molecule has 0 aliphatic rings. The van der Waals surface area contributed by atoms with Gasteiger partial charge in [-0.25, -0.2) is 8.78 Å². The Morgan fingerprint density at radius 3 is 2.40 bits per heavy atom. The highest BCUT2D eigenvalue weighted by atomic mass is 19.1. The molecular weight excluding hydrogens is 200 g/mol. The first-order valence-corrected chi connectivity index (χ1v) is 4.19. The summed E-state index contributed by atoms with van der Waals surface area (Å²) in [6.45, 7) is 0.0942. The molecule has 2 nitrogen and oxygen atoms in total. The van der Waals surface area contributed by atoms with Gasteiger partial charge in [-0.05, 0) is 12.1 Å². The first kappa shape index (κ1) is 11.2. The van der Waals surface area contributed by atoms with Crippen LogP contribution in [0.3, 0.4) is 0 Å². The zero-order valence-corrected chi connectivity index (χ0v) is 8.13. The normalized spacial score (nSPS) is 9.47. The molecule has 0 atom stereocenters. The van der Waals surface area contributed by atoms with Crippen LogP contribution in [0.4, 0.5) is 8.78 Å². The van der Waals surface area contributed by atoms with Crippen LogP contribution < -0.4 is 0 Å². The maximum absolute atomic E-state index is 12.8. The third-order valence-electron chi connectivity index (χ3n) is 1.78. The van der Waals surface area contributed by atoms with Crippen LogP contribution in [0.15, 0.2) is 18.2 Å². The Morgan fingerprint density at radius 2 is 1.93 bits per heavy atom. The fraction of sp³-hybridized carbons (Fsp3) is 0.182. The van der Waals surface area contributed by atoms with Gasteiger partial charge in [-0.1, -0.05) is 5.92 Å². The molecule has 1 aromatic carbocycles. The van der Waals surface area contributed by atoms with Crippen LogP contribution in [0.25, 0.3) is 0 Å². The van der Waals surface area contributed by atoms with Crippen molar-refractivity contribution < 1.29 is 13.6 Å². The SMILES string of the molecule is C#CCN(C)C(=O)c1cc(F)cc(F)c1. The number of hydrogen-bond acceptors (Lipinski definition) is 1. The van der Waals surface area contributed by atoms with E-state index in [1.807, 2.05) is 0 Å². The number of amides is 1. The predicted octanol–water partition coefficient (Wildman–Crippen LogP) is 1.67. The molecule has 0 aliphatic carbocycles. The molecule has 0 radical (unpaired) electrons.